The first-order valence-electron chi connectivity index (χ1n) is 12.9. The van der Waals surface area contributed by atoms with Crippen molar-refractivity contribution in [1.82, 2.24) is 19.4 Å². The number of rotatable bonds is 7. The summed E-state index contributed by atoms with van der Waals surface area (Å²) in [6.07, 6.45) is 7.63. The van der Waals surface area contributed by atoms with E-state index in [2.05, 4.69) is 20.3 Å². The summed E-state index contributed by atoms with van der Waals surface area (Å²) in [5.74, 6) is 1.57. The molecule has 0 unspecified atom stereocenters. The molecule has 1 fully saturated rings. The van der Waals surface area contributed by atoms with E-state index < -0.39 is 0 Å². The van der Waals surface area contributed by atoms with Gasteiger partial charge in [-0.1, -0.05) is 42.5 Å². The van der Waals surface area contributed by atoms with Crippen LogP contribution in [0, 0.1) is 5.92 Å². The second-order valence-corrected chi connectivity index (χ2v) is 11.6. The van der Waals surface area contributed by atoms with Crippen molar-refractivity contribution < 1.29 is 14.3 Å². The van der Waals surface area contributed by atoms with Gasteiger partial charge in [-0.3, -0.25) is 24.4 Å². The highest BCUT2D eigenvalue weighted by Crippen LogP contribution is 2.39. The van der Waals surface area contributed by atoms with Crippen LogP contribution < -0.4 is 15.0 Å². The molecule has 0 atom stereocenters. The molecule has 0 saturated heterocycles. The second-order valence-electron chi connectivity index (χ2n) is 9.91. The van der Waals surface area contributed by atoms with Crippen LogP contribution in [-0.2, 0) is 11.3 Å². The van der Waals surface area contributed by atoms with E-state index in [4.69, 9.17) is 27.9 Å². The molecule has 2 aromatic heterocycles. The van der Waals surface area contributed by atoms with Gasteiger partial charge in [0.15, 0.2) is 22.4 Å². The summed E-state index contributed by atoms with van der Waals surface area (Å²) in [5.41, 5.74) is 1.73. The quantitative estimate of drug-likeness (QED) is 0.408. The minimum Gasteiger partial charge on any atom is -0.490 e. The zero-order valence-electron chi connectivity index (χ0n) is 21.3. The average molecular weight is 589 g/mol. The maximum Gasteiger partial charge on any atom is 0.280 e. The highest BCUT2D eigenvalue weighted by molar-refractivity contribution is 7.14. The standard InChI is InChI=1S/C26H27Cl2N7O3S/c1-33-24(37)21-23(35-8-7-29-26(33)35)30-14-34(21)11-20(36)32-25-31-19(13-39-25)16-9-17(27)22(18(28)10-16)38-12-15-5-3-2-4-6-15/h9-10,13-15H,2-8,11-12H2,1H3,(H,31,32,36). The second kappa shape index (κ2) is 10.8. The van der Waals surface area contributed by atoms with E-state index in [0.29, 0.717) is 69.7 Å². The Balaban J connectivity index is 1.12. The van der Waals surface area contributed by atoms with E-state index in [0.717, 1.165) is 5.56 Å². The summed E-state index contributed by atoms with van der Waals surface area (Å²) in [6.45, 7) is 1.77. The maximum atomic E-state index is 12.9. The predicted octanol–water partition coefficient (Wildman–Crippen LogP) is 5.17. The van der Waals surface area contributed by atoms with Gasteiger partial charge in [0.2, 0.25) is 11.9 Å². The van der Waals surface area contributed by atoms with Crippen molar-refractivity contribution in [2.24, 2.45) is 10.9 Å². The van der Waals surface area contributed by atoms with Gasteiger partial charge in [0.05, 0.1) is 35.2 Å². The number of carbonyl (C=O) groups excluding carboxylic acids is 2. The van der Waals surface area contributed by atoms with Crippen LogP contribution in [-0.4, -0.2) is 64.0 Å². The van der Waals surface area contributed by atoms with Gasteiger partial charge in [0.25, 0.3) is 5.91 Å². The number of aromatic nitrogens is 3. The minimum absolute atomic E-state index is 0.0815. The molecule has 3 aliphatic rings. The fourth-order valence-electron chi connectivity index (χ4n) is 5.26. The number of benzene rings is 1. The Kier molecular flexibility index (Phi) is 7.22. The summed E-state index contributed by atoms with van der Waals surface area (Å²) in [7, 11) is 1.67. The lowest BCUT2D eigenvalue weighted by molar-refractivity contribution is -0.116. The number of hydrogen-bond acceptors (Lipinski definition) is 8. The van der Waals surface area contributed by atoms with Gasteiger partial charge in [0.1, 0.15) is 6.54 Å². The fraction of sp³-hybridized carbons (Fsp3) is 0.423. The summed E-state index contributed by atoms with van der Waals surface area (Å²) < 4.78 is 7.55. The van der Waals surface area contributed by atoms with E-state index in [1.165, 1.54) is 54.7 Å². The van der Waals surface area contributed by atoms with Gasteiger partial charge >= 0.3 is 0 Å². The van der Waals surface area contributed by atoms with Gasteiger partial charge in [-0.15, -0.1) is 11.3 Å². The number of halogens is 2. The third-order valence-corrected chi connectivity index (χ3v) is 8.57. The number of hydrogen-bond donors (Lipinski definition) is 1. The Morgan fingerprint density at radius 1 is 1.21 bits per heavy atom. The van der Waals surface area contributed by atoms with E-state index >= 15 is 0 Å². The molecule has 0 spiro atoms. The normalized spacial score (nSPS) is 17.2. The first kappa shape index (κ1) is 26.1. The fourth-order valence-corrected chi connectivity index (χ4v) is 6.59. The SMILES string of the molecule is CN1C(=O)c2c(ncn2CC(=O)Nc2nc(-c3cc(Cl)c(OCC4CCCCC4)c(Cl)c3)cs2)N2CCN=C12. The summed E-state index contributed by atoms with van der Waals surface area (Å²) in [5, 5.41) is 5.92. The largest absolute Gasteiger partial charge is 0.490 e. The number of aliphatic imine (C=N–C) groups is 1. The molecule has 0 bridgehead atoms. The monoisotopic (exact) mass is 587 g/mol. The zero-order valence-corrected chi connectivity index (χ0v) is 23.7. The first-order valence-corrected chi connectivity index (χ1v) is 14.6. The van der Waals surface area contributed by atoms with Crippen molar-refractivity contribution >= 4 is 63.3 Å². The molecule has 2 aliphatic heterocycles. The molecule has 1 N–H and O–H groups in total. The van der Waals surface area contributed by atoms with E-state index in [-0.39, 0.29) is 18.4 Å². The lowest BCUT2D eigenvalue weighted by Crippen LogP contribution is -2.48. The van der Waals surface area contributed by atoms with Crippen molar-refractivity contribution in [3.8, 4) is 17.0 Å². The number of thiazole rings is 1. The molecule has 10 nitrogen and oxygen atoms in total. The molecule has 1 aromatic carbocycles. The van der Waals surface area contributed by atoms with Crippen molar-refractivity contribution in [2.75, 3.05) is 37.0 Å². The smallest absolute Gasteiger partial charge is 0.280 e. The molecular formula is C26H27Cl2N7O3S. The van der Waals surface area contributed by atoms with Gasteiger partial charge in [-0.25, -0.2) is 9.97 Å². The van der Waals surface area contributed by atoms with Crippen LogP contribution in [0.5, 0.6) is 5.75 Å². The van der Waals surface area contributed by atoms with Crippen LogP contribution in [0.15, 0.2) is 28.8 Å². The molecule has 2 amide bonds. The van der Waals surface area contributed by atoms with E-state index in [9.17, 15) is 9.59 Å². The molecule has 0 radical (unpaired) electrons. The summed E-state index contributed by atoms with van der Waals surface area (Å²) >= 11 is 14.4. The number of amides is 2. The van der Waals surface area contributed by atoms with Crippen LogP contribution in [0.2, 0.25) is 10.0 Å². The third kappa shape index (κ3) is 5.10. The third-order valence-electron chi connectivity index (χ3n) is 7.25. The minimum atomic E-state index is -0.324. The number of guanidine groups is 1. The lowest BCUT2D eigenvalue weighted by atomic mass is 9.90. The molecule has 39 heavy (non-hydrogen) atoms. The van der Waals surface area contributed by atoms with Crippen LogP contribution in [0.1, 0.15) is 42.6 Å². The van der Waals surface area contributed by atoms with Crippen LogP contribution in [0.4, 0.5) is 10.9 Å². The van der Waals surface area contributed by atoms with E-state index in [1.807, 2.05) is 10.3 Å². The van der Waals surface area contributed by atoms with Crippen molar-refractivity contribution in [1.29, 1.82) is 0 Å². The summed E-state index contributed by atoms with van der Waals surface area (Å²) in [4.78, 5) is 42.5. The number of carbonyl (C=O) groups is 2. The first-order chi connectivity index (χ1) is 18.9. The molecule has 4 heterocycles. The van der Waals surface area contributed by atoms with Gasteiger partial charge in [-0.05, 0) is 30.9 Å². The van der Waals surface area contributed by atoms with Crippen LogP contribution >= 0.6 is 34.5 Å². The topological polar surface area (TPSA) is 105 Å². The molecule has 204 valence electrons. The highest BCUT2D eigenvalue weighted by Gasteiger charge is 2.39. The van der Waals surface area contributed by atoms with Crippen molar-refractivity contribution in [3.05, 3.63) is 39.6 Å². The Labute approximate surface area is 239 Å². The number of ether oxygens (including phenoxy) is 1. The van der Waals surface area contributed by atoms with Crippen LogP contribution in [0.3, 0.4) is 0 Å². The molecule has 3 aromatic rings. The number of fused-ring (bicyclic) bond motifs is 3. The molecular weight excluding hydrogens is 561 g/mol. The van der Waals surface area contributed by atoms with Gasteiger partial charge < -0.3 is 14.6 Å². The number of nitrogens with zero attached hydrogens (tertiary/aromatic N) is 6. The Morgan fingerprint density at radius 3 is 2.74 bits per heavy atom. The Hall–Kier alpha value is -3.15. The van der Waals surface area contributed by atoms with E-state index in [1.54, 1.807) is 23.7 Å². The van der Waals surface area contributed by atoms with Crippen molar-refractivity contribution in [2.45, 2.75) is 38.6 Å². The Bertz CT molecular complexity index is 1440. The predicted molar refractivity (Wildman–Crippen MR) is 152 cm³/mol. The molecule has 6 rings (SSSR count). The number of anilines is 2. The molecule has 1 aliphatic carbocycles. The number of imidazole rings is 1. The molecule has 13 heteroatoms. The van der Waals surface area contributed by atoms with Gasteiger partial charge in [-0.2, -0.15) is 0 Å². The molecule has 1 saturated carbocycles. The average Bonchev–Trinajstić information content (AvgIpc) is 3.67. The number of nitrogens with one attached hydrogen (secondary N) is 1. The highest BCUT2D eigenvalue weighted by atomic mass is 35.5. The maximum absolute atomic E-state index is 12.9. The van der Waals surface area contributed by atoms with Crippen LogP contribution in [0.25, 0.3) is 11.3 Å². The lowest BCUT2D eigenvalue weighted by Gasteiger charge is -2.30. The van der Waals surface area contributed by atoms with Gasteiger partial charge in [0, 0.05) is 24.5 Å². The van der Waals surface area contributed by atoms with Crippen molar-refractivity contribution in [3.63, 3.8) is 0 Å². The zero-order chi connectivity index (χ0) is 27.1. The Morgan fingerprint density at radius 2 is 1.97 bits per heavy atom. The summed E-state index contributed by atoms with van der Waals surface area (Å²) in [6, 6.07) is 3.56.